The van der Waals surface area contributed by atoms with Crippen LogP contribution in [0.25, 0.3) is 27.8 Å². The van der Waals surface area contributed by atoms with Crippen molar-refractivity contribution in [1.29, 1.82) is 0 Å². The Balaban J connectivity index is 1.63. The van der Waals surface area contributed by atoms with Crippen molar-refractivity contribution >= 4 is 22.8 Å². The average molecular weight is 483 g/mol. The zero-order valence-corrected chi connectivity index (χ0v) is 19.6. The highest BCUT2D eigenvalue weighted by Gasteiger charge is 2.31. The molecule has 0 unspecified atom stereocenters. The number of hydrogen-bond acceptors (Lipinski definition) is 5. The topological polar surface area (TPSA) is 75.4 Å². The molecule has 180 valence electrons. The van der Waals surface area contributed by atoms with Crippen molar-refractivity contribution in [2.24, 2.45) is 0 Å². The number of esters is 2. The molecule has 0 spiro atoms. The largest absolute Gasteiger partial charge is 0.465 e. The van der Waals surface area contributed by atoms with Crippen molar-refractivity contribution in [3.05, 3.63) is 108 Å². The van der Waals surface area contributed by atoms with Gasteiger partial charge < -0.3 is 14.0 Å². The summed E-state index contributed by atoms with van der Waals surface area (Å²) >= 11 is 0. The van der Waals surface area contributed by atoms with Gasteiger partial charge in [-0.2, -0.15) is 5.10 Å². The summed E-state index contributed by atoms with van der Waals surface area (Å²) in [4.78, 5) is 25.7. The highest BCUT2D eigenvalue weighted by Crippen LogP contribution is 2.31. The number of rotatable bonds is 6. The van der Waals surface area contributed by atoms with E-state index in [0.29, 0.717) is 23.5 Å². The summed E-state index contributed by atoms with van der Waals surface area (Å²) < 4.78 is 26.7. The van der Waals surface area contributed by atoms with Crippen molar-refractivity contribution in [3.8, 4) is 16.9 Å². The van der Waals surface area contributed by atoms with E-state index in [1.807, 2.05) is 48.7 Å². The minimum absolute atomic E-state index is 0.0143. The molecule has 0 N–H and O–H groups in total. The Hall–Kier alpha value is -4.72. The third-order valence-corrected chi connectivity index (χ3v) is 5.97. The molecule has 36 heavy (non-hydrogen) atoms. The number of carbonyl (C=O) groups excluding carboxylic acids is 2. The zero-order valence-electron chi connectivity index (χ0n) is 19.6. The van der Waals surface area contributed by atoms with E-state index in [2.05, 4.69) is 9.67 Å². The second-order valence-electron chi connectivity index (χ2n) is 8.15. The molecule has 0 aliphatic carbocycles. The van der Waals surface area contributed by atoms with E-state index in [9.17, 15) is 14.0 Å². The van der Waals surface area contributed by atoms with Crippen LogP contribution in [0.1, 0.15) is 26.4 Å². The minimum atomic E-state index is -0.704. The van der Waals surface area contributed by atoms with Crippen LogP contribution in [0.2, 0.25) is 0 Å². The van der Waals surface area contributed by atoms with Gasteiger partial charge in [0.2, 0.25) is 0 Å². The number of para-hydroxylation sites is 1. The predicted octanol–water partition coefficient (Wildman–Crippen LogP) is 5.25. The van der Waals surface area contributed by atoms with E-state index in [4.69, 9.17) is 9.47 Å². The van der Waals surface area contributed by atoms with E-state index < -0.39 is 11.9 Å². The maximum Gasteiger partial charge on any atom is 0.357 e. The normalized spacial score (nSPS) is 11.0. The van der Waals surface area contributed by atoms with Crippen LogP contribution in [0.15, 0.2) is 85.1 Å². The molecule has 2 aromatic heterocycles. The standard InChI is InChI=1S/C28H22FN3O4/c1-35-27(33)24-25(30-32(26(24)28(34)36-2)22-6-4-3-5-7-22)20-10-13-23-19(16-20)14-15-31(23)17-18-8-11-21(29)12-9-18/h3-16H,17H2,1-2H3. The first-order chi connectivity index (χ1) is 17.5. The molecule has 0 radical (unpaired) electrons. The van der Waals surface area contributed by atoms with Crippen LogP contribution in [0, 0.1) is 5.82 Å². The van der Waals surface area contributed by atoms with Crippen LogP contribution < -0.4 is 0 Å². The first kappa shape index (κ1) is 23.0. The monoisotopic (exact) mass is 483 g/mol. The SMILES string of the molecule is COC(=O)c1c(-c2ccc3c(ccn3Cc3ccc(F)cc3)c2)nn(-c2ccccc2)c1C(=O)OC. The number of aromatic nitrogens is 3. The number of benzene rings is 3. The summed E-state index contributed by atoms with van der Waals surface area (Å²) in [5.74, 6) is -1.67. The molecule has 0 amide bonds. The van der Waals surface area contributed by atoms with Gasteiger partial charge in [0, 0.05) is 29.2 Å². The van der Waals surface area contributed by atoms with Crippen LogP contribution in [0.5, 0.6) is 0 Å². The Morgan fingerprint density at radius 2 is 1.61 bits per heavy atom. The number of carbonyl (C=O) groups is 2. The number of methoxy groups -OCH3 is 2. The van der Waals surface area contributed by atoms with E-state index in [1.54, 1.807) is 24.3 Å². The maximum atomic E-state index is 13.3. The summed E-state index contributed by atoms with van der Waals surface area (Å²) in [5, 5.41) is 5.57. The van der Waals surface area contributed by atoms with Gasteiger partial charge in [-0.25, -0.2) is 18.7 Å². The van der Waals surface area contributed by atoms with Crippen molar-refractivity contribution in [3.63, 3.8) is 0 Å². The second kappa shape index (κ2) is 9.50. The number of ether oxygens (including phenoxy) is 2. The van der Waals surface area contributed by atoms with Gasteiger partial charge in [-0.05, 0) is 48.0 Å². The van der Waals surface area contributed by atoms with Gasteiger partial charge in [0.25, 0.3) is 0 Å². The number of nitrogens with zero attached hydrogens (tertiary/aromatic N) is 3. The van der Waals surface area contributed by atoms with E-state index in [1.165, 1.54) is 31.0 Å². The van der Waals surface area contributed by atoms with Gasteiger partial charge in [-0.3, -0.25) is 0 Å². The molecule has 0 bridgehead atoms. The highest BCUT2D eigenvalue weighted by molar-refractivity contribution is 6.07. The van der Waals surface area contributed by atoms with Gasteiger partial charge in [0.15, 0.2) is 5.69 Å². The molecule has 0 atom stereocenters. The lowest BCUT2D eigenvalue weighted by Gasteiger charge is -2.07. The van der Waals surface area contributed by atoms with Crippen molar-refractivity contribution in [2.75, 3.05) is 14.2 Å². The van der Waals surface area contributed by atoms with E-state index in [-0.39, 0.29) is 17.1 Å². The molecule has 0 fully saturated rings. The van der Waals surface area contributed by atoms with Gasteiger partial charge in [-0.1, -0.05) is 36.4 Å². The summed E-state index contributed by atoms with van der Waals surface area (Å²) in [6.07, 6.45) is 1.95. The Morgan fingerprint density at radius 3 is 2.31 bits per heavy atom. The molecule has 2 heterocycles. The van der Waals surface area contributed by atoms with Crippen molar-refractivity contribution in [2.45, 2.75) is 6.54 Å². The average Bonchev–Trinajstić information content (AvgIpc) is 3.51. The first-order valence-electron chi connectivity index (χ1n) is 11.2. The molecule has 0 saturated carbocycles. The summed E-state index contributed by atoms with van der Waals surface area (Å²) in [6, 6.07) is 23.0. The smallest absolute Gasteiger partial charge is 0.357 e. The Kier molecular flexibility index (Phi) is 6.08. The quantitative estimate of drug-likeness (QED) is 0.308. The highest BCUT2D eigenvalue weighted by atomic mass is 19.1. The molecular formula is C28H22FN3O4. The van der Waals surface area contributed by atoms with Crippen LogP contribution in [-0.2, 0) is 16.0 Å². The second-order valence-corrected chi connectivity index (χ2v) is 8.15. The predicted molar refractivity (Wildman–Crippen MR) is 133 cm³/mol. The van der Waals surface area contributed by atoms with Crippen LogP contribution in [-0.4, -0.2) is 40.5 Å². The summed E-state index contributed by atoms with van der Waals surface area (Å²) in [6.45, 7) is 0.575. The molecule has 5 rings (SSSR count). The fraction of sp³-hybridized carbons (Fsp3) is 0.107. The van der Waals surface area contributed by atoms with E-state index >= 15 is 0 Å². The van der Waals surface area contributed by atoms with Crippen molar-refractivity contribution in [1.82, 2.24) is 14.3 Å². The number of hydrogen-bond donors (Lipinski definition) is 0. The summed E-state index contributed by atoms with van der Waals surface area (Å²) in [5.41, 5.74) is 3.48. The Morgan fingerprint density at radius 1 is 0.889 bits per heavy atom. The fourth-order valence-electron chi connectivity index (χ4n) is 4.23. The third-order valence-electron chi connectivity index (χ3n) is 5.97. The lowest BCUT2D eigenvalue weighted by molar-refractivity contribution is 0.0549. The molecule has 5 aromatic rings. The first-order valence-corrected chi connectivity index (χ1v) is 11.2. The van der Waals surface area contributed by atoms with Crippen molar-refractivity contribution < 1.29 is 23.5 Å². The van der Waals surface area contributed by atoms with Crippen LogP contribution in [0.4, 0.5) is 4.39 Å². The minimum Gasteiger partial charge on any atom is -0.465 e. The lowest BCUT2D eigenvalue weighted by atomic mass is 10.0. The van der Waals surface area contributed by atoms with Crippen LogP contribution >= 0.6 is 0 Å². The maximum absolute atomic E-state index is 13.3. The molecule has 8 heteroatoms. The summed E-state index contributed by atoms with van der Waals surface area (Å²) in [7, 11) is 2.51. The molecule has 0 saturated heterocycles. The van der Waals surface area contributed by atoms with Gasteiger partial charge in [0.1, 0.15) is 17.1 Å². The number of halogens is 1. The van der Waals surface area contributed by atoms with Gasteiger partial charge >= 0.3 is 11.9 Å². The molecule has 3 aromatic carbocycles. The van der Waals surface area contributed by atoms with E-state index in [0.717, 1.165) is 16.5 Å². The molecule has 0 aliphatic rings. The number of fused-ring (bicyclic) bond motifs is 1. The fourth-order valence-corrected chi connectivity index (χ4v) is 4.23. The molecular weight excluding hydrogens is 461 g/mol. The van der Waals surface area contributed by atoms with Crippen LogP contribution in [0.3, 0.4) is 0 Å². The molecule has 7 nitrogen and oxygen atoms in total. The third kappa shape index (κ3) is 4.13. The Bertz CT molecular complexity index is 1570. The zero-order chi connectivity index (χ0) is 25.2. The Labute approximate surface area is 206 Å². The molecule has 0 aliphatic heterocycles. The lowest BCUT2D eigenvalue weighted by Crippen LogP contribution is -2.15. The van der Waals surface area contributed by atoms with Gasteiger partial charge in [-0.15, -0.1) is 0 Å². The van der Waals surface area contributed by atoms with Gasteiger partial charge in [0.05, 0.1) is 19.9 Å².